The molecule has 0 atom stereocenters. The van der Waals surface area contributed by atoms with Crippen LogP contribution in [0, 0.1) is 29.1 Å². The molecule has 0 aliphatic rings. The molecule has 0 aliphatic carbocycles. The van der Waals surface area contributed by atoms with Gasteiger partial charge in [-0.3, -0.25) is 4.79 Å². The van der Waals surface area contributed by atoms with Gasteiger partial charge in [0.2, 0.25) is 21.7 Å². The van der Waals surface area contributed by atoms with Crippen molar-refractivity contribution in [1.82, 2.24) is 4.31 Å². The van der Waals surface area contributed by atoms with E-state index < -0.39 is 69.0 Å². The average molecular weight is 655 g/mol. The number of rotatable bonds is 12. The lowest BCUT2D eigenvalue weighted by atomic mass is 9.86. The van der Waals surface area contributed by atoms with Gasteiger partial charge in [0.15, 0.2) is 28.2 Å². The third kappa shape index (κ3) is 7.51. The van der Waals surface area contributed by atoms with Gasteiger partial charge in [0.05, 0.1) is 31.5 Å². The lowest BCUT2D eigenvalue weighted by Gasteiger charge is -2.29. The van der Waals surface area contributed by atoms with Crippen molar-refractivity contribution in [1.29, 1.82) is 0 Å². The number of aromatic carboxylic acids is 1. The van der Waals surface area contributed by atoms with Gasteiger partial charge in [0.25, 0.3) is 0 Å². The number of amides is 1. The van der Waals surface area contributed by atoms with Crippen LogP contribution in [0.1, 0.15) is 48.7 Å². The predicted octanol–water partition coefficient (Wildman–Crippen LogP) is 6.19. The molecule has 3 rings (SSSR count). The predicted molar refractivity (Wildman–Crippen MR) is 156 cm³/mol. The Kier molecular flexibility index (Phi) is 10.8. The fourth-order valence-electron chi connectivity index (χ4n) is 4.36. The molecule has 45 heavy (non-hydrogen) atoms. The molecule has 1 amide bonds. The molecule has 0 spiro atoms. The lowest BCUT2D eigenvalue weighted by molar-refractivity contribution is -0.119. The molecular weight excluding hydrogens is 623 g/mol. The fourth-order valence-corrected chi connectivity index (χ4v) is 5.87. The first-order valence-electron chi connectivity index (χ1n) is 13.4. The molecule has 14 heteroatoms. The van der Waals surface area contributed by atoms with Crippen LogP contribution in [0.15, 0.2) is 60.0 Å². The van der Waals surface area contributed by atoms with Crippen LogP contribution in [0.5, 0.6) is 5.75 Å². The van der Waals surface area contributed by atoms with Crippen LogP contribution in [0.3, 0.4) is 0 Å². The third-order valence-electron chi connectivity index (χ3n) is 6.81. The maximum atomic E-state index is 14.7. The lowest BCUT2D eigenvalue weighted by Crippen LogP contribution is -2.44. The summed E-state index contributed by atoms with van der Waals surface area (Å²) in [6.07, 6.45) is 1.07. The number of sulfonamides is 1. The monoisotopic (exact) mass is 654 g/mol. The summed E-state index contributed by atoms with van der Waals surface area (Å²) in [6, 6.07) is 10.7. The summed E-state index contributed by atoms with van der Waals surface area (Å²) >= 11 is 0. The Bertz CT molecular complexity index is 1710. The number of carboxylic acid groups (broad SMARTS) is 1. The Balaban J connectivity index is 2.18. The Labute approximate surface area is 257 Å². The van der Waals surface area contributed by atoms with Crippen molar-refractivity contribution in [3.8, 4) is 5.75 Å². The number of carbonyl (C=O) groups excluding carboxylic acids is 1. The second kappa shape index (κ2) is 13.8. The van der Waals surface area contributed by atoms with E-state index in [0.717, 1.165) is 16.5 Å². The molecule has 1 N–H and O–H groups in total. The standard InChI is InChI=1S/C31H31F5N2O6S/c1-6-7-13-37(45(42,43)29-27(35)25(33)24(32)26(34)28(29)36)17-23(39)38(16-18-9-8-10-20(14-18)31(2,3)4)21-12-11-19(30(40)41)15-22(21)44-5/h6,8-12,14-15H,1,7,13,16-17H2,2-5H3,(H,40,41). The molecule has 242 valence electrons. The fraction of sp³-hybridized carbons (Fsp3) is 0.290. The zero-order valence-corrected chi connectivity index (χ0v) is 25.7. The van der Waals surface area contributed by atoms with Crippen LogP contribution in [0.4, 0.5) is 27.6 Å². The van der Waals surface area contributed by atoms with E-state index in [1.807, 2.05) is 26.8 Å². The Morgan fingerprint density at radius 2 is 1.56 bits per heavy atom. The van der Waals surface area contributed by atoms with E-state index in [1.54, 1.807) is 18.2 Å². The number of anilines is 1. The summed E-state index contributed by atoms with van der Waals surface area (Å²) in [5.74, 6) is -15.0. The molecule has 0 aliphatic heterocycles. The molecule has 0 heterocycles. The van der Waals surface area contributed by atoms with Crippen LogP contribution in [-0.4, -0.2) is 49.9 Å². The van der Waals surface area contributed by atoms with Gasteiger partial charge in [0, 0.05) is 6.54 Å². The normalized spacial score (nSPS) is 11.9. The Hall–Kier alpha value is -4.30. The molecule has 0 fully saturated rings. The SMILES string of the molecule is C=CCCN(CC(=O)N(Cc1cccc(C(C)(C)C)c1)c1ccc(C(=O)O)cc1OC)S(=O)(=O)c1c(F)c(F)c(F)c(F)c1F. The maximum absolute atomic E-state index is 14.7. The first-order chi connectivity index (χ1) is 20.9. The molecule has 8 nitrogen and oxygen atoms in total. The smallest absolute Gasteiger partial charge is 0.335 e. The summed E-state index contributed by atoms with van der Waals surface area (Å²) in [6.45, 7) is 7.41. The van der Waals surface area contributed by atoms with Gasteiger partial charge in [-0.15, -0.1) is 6.58 Å². The van der Waals surface area contributed by atoms with E-state index in [-0.39, 0.29) is 39.7 Å². The number of carboxylic acids is 1. The summed E-state index contributed by atoms with van der Waals surface area (Å²) < 4.78 is 104. The highest BCUT2D eigenvalue weighted by Crippen LogP contribution is 2.33. The number of ether oxygens (including phenoxy) is 1. The first-order valence-corrected chi connectivity index (χ1v) is 14.8. The van der Waals surface area contributed by atoms with Crippen molar-refractivity contribution in [2.24, 2.45) is 0 Å². The minimum absolute atomic E-state index is 0.0194. The molecular formula is C31H31F5N2O6S. The zero-order chi connectivity index (χ0) is 33.9. The number of benzene rings is 3. The van der Waals surface area contributed by atoms with Crippen LogP contribution in [-0.2, 0) is 26.8 Å². The Morgan fingerprint density at radius 1 is 0.956 bits per heavy atom. The molecule has 0 radical (unpaired) electrons. The summed E-state index contributed by atoms with van der Waals surface area (Å²) in [5.41, 5.74) is 1.00. The molecule has 0 aromatic heterocycles. The van der Waals surface area contributed by atoms with Crippen LogP contribution < -0.4 is 9.64 Å². The van der Waals surface area contributed by atoms with Gasteiger partial charge in [-0.1, -0.05) is 51.1 Å². The number of carbonyl (C=O) groups is 2. The van der Waals surface area contributed by atoms with E-state index in [4.69, 9.17) is 4.74 Å². The zero-order valence-electron chi connectivity index (χ0n) is 24.8. The van der Waals surface area contributed by atoms with Crippen molar-refractivity contribution >= 4 is 27.6 Å². The minimum Gasteiger partial charge on any atom is -0.495 e. The molecule has 0 unspecified atom stereocenters. The highest BCUT2D eigenvalue weighted by Gasteiger charge is 2.38. The largest absolute Gasteiger partial charge is 0.495 e. The molecule has 3 aromatic rings. The number of hydrogen-bond acceptors (Lipinski definition) is 5. The van der Waals surface area contributed by atoms with Crippen LogP contribution in [0.2, 0.25) is 0 Å². The van der Waals surface area contributed by atoms with Crippen LogP contribution in [0.25, 0.3) is 0 Å². The van der Waals surface area contributed by atoms with Gasteiger partial charge in [-0.25, -0.2) is 35.2 Å². The molecule has 0 bridgehead atoms. The van der Waals surface area contributed by atoms with Gasteiger partial charge >= 0.3 is 5.97 Å². The second-order valence-corrected chi connectivity index (χ2v) is 12.8. The third-order valence-corrected chi connectivity index (χ3v) is 8.68. The van der Waals surface area contributed by atoms with E-state index >= 15 is 0 Å². The summed E-state index contributed by atoms with van der Waals surface area (Å²) in [4.78, 5) is 24.5. The van der Waals surface area contributed by atoms with Crippen LogP contribution >= 0.6 is 0 Å². The number of methoxy groups -OCH3 is 1. The van der Waals surface area contributed by atoms with Crippen molar-refractivity contribution in [3.63, 3.8) is 0 Å². The number of halogens is 5. The topological polar surface area (TPSA) is 104 Å². The van der Waals surface area contributed by atoms with E-state index in [0.29, 0.717) is 5.56 Å². The number of hydrogen-bond donors (Lipinski definition) is 1. The highest BCUT2D eigenvalue weighted by molar-refractivity contribution is 7.89. The van der Waals surface area contributed by atoms with E-state index in [1.165, 1.54) is 25.3 Å². The van der Waals surface area contributed by atoms with E-state index in [9.17, 15) is 45.1 Å². The van der Waals surface area contributed by atoms with Crippen molar-refractivity contribution in [3.05, 3.63) is 101 Å². The van der Waals surface area contributed by atoms with Gasteiger partial charge < -0.3 is 14.7 Å². The maximum Gasteiger partial charge on any atom is 0.335 e. The van der Waals surface area contributed by atoms with Crippen molar-refractivity contribution in [2.75, 3.05) is 25.1 Å². The van der Waals surface area contributed by atoms with Gasteiger partial charge in [0.1, 0.15) is 5.75 Å². The van der Waals surface area contributed by atoms with Gasteiger partial charge in [-0.2, -0.15) is 4.31 Å². The quantitative estimate of drug-likeness (QED) is 0.108. The Morgan fingerprint density at radius 3 is 2.09 bits per heavy atom. The minimum atomic E-state index is -5.51. The molecule has 0 saturated carbocycles. The van der Waals surface area contributed by atoms with Gasteiger partial charge in [-0.05, 0) is 41.2 Å². The van der Waals surface area contributed by atoms with E-state index in [2.05, 4.69) is 6.58 Å². The summed E-state index contributed by atoms with van der Waals surface area (Å²) in [7, 11) is -4.29. The average Bonchev–Trinajstić information content (AvgIpc) is 2.99. The first kappa shape index (κ1) is 35.2. The highest BCUT2D eigenvalue weighted by atomic mass is 32.2. The molecule has 0 saturated heterocycles. The second-order valence-electron chi connectivity index (χ2n) is 10.9. The molecule has 3 aromatic carbocycles. The number of nitrogens with zero attached hydrogens (tertiary/aromatic N) is 2. The van der Waals surface area contributed by atoms with Crippen molar-refractivity contribution < 1.29 is 49.8 Å². The van der Waals surface area contributed by atoms with Crippen molar-refractivity contribution in [2.45, 2.75) is 44.0 Å². The summed E-state index contributed by atoms with van der Waals surface area (Å²) in [5, 5.41) is 9.43.